The fourth-order valence-electron chi connectivity index (χ4n) is 2.53. The predicted octanol–water partition coefficient (Wildman–Crippen LogP) is 5.65. The van der Waals surface area contributed by atoms with E-state index < -0.39 is 0 Å². The quantitative estimate of drug-likeness (QED) is 0.730. The molecular formula is C16H15Cl2NOS. The van der Waals surface area contributed by atoms with Gasteiger partial charge < -0.3 is 10.1 Å². The van der Waals surface area contributed by atoms with Crippen LogP contribution in [0.3, 0.4) is 0 Å². The minimum Gasteiger partial charge on any atom is -0.492 e. The molecule has 3 rings (SSSR count). The van der Waals surface area contributed by atoms with E-state index in [2.05, 4.69) is 23.7 Å². The monoisotopic (exact) mass is 339 g/mol. The number of halogens is 2. The van der Waals surface area contributed by atoms with Crippen LogP contribution in [0.5, 0.6) is 5.75 Å². The summed E-state index contributed by atoms with van der Waals surface area (Å²) in [5.74, 6) is 0.742. The van der Waals surface area contributed by atoms with Crippen molar-refractivity contribution in [2.24, 2.45) is 0 Å². The van der Waals surface area contributed by atoms with E-state index in [4.69, 9.17) is 27.9 Å². The highest BCUT2D eigenvalue weighted by Gasteiger charge is 2.24. The van der Waals surface area contributed by atoms with Crippen LogP contribution in [0.15, 0.2) is 41.3 Å². The smallest absolute Gasteiger partial charge is 0.143 e. The summed E-state index contributed by atoms with van der Waals surface area (Å²) in [5, 5.41) is 4.80. The number of benzene rings is 2. The molecule has 5 heteroatoms. The van der Waals surface area contributed by atoms with Crippen LogP contribution in [0.1, 0.15) is 18.0 Å². The van der Waals surface area contributed by atoms with Gasteiger partial charge in [0.25, 0.3) is 0 Å². The molecule has 0 bridgehead atoms. The molecule has 1 unspecified atom stereocenters. The highest BCUT2D eigenvalue weighted by atomic mass is 35.5. The molecule has 0 fully saturated rings. The van der Waals surface area contributed by atoms with Crippen molar-refractivity contribution in [2.75, 3.05) is 18.2 Å². The van der Waals surface area contributed by atoms with Gasteiger partial charge in [0.1, 0.15) is 5.75 Å². The molecule has 1 N–H and O–H groups in total. The van der Waals surface area contributed by atoms with Crippen LogP contribution in [-0.2, 0) is 0 Å². The Balaban J connectivity index is 1.95. The third-order valence-corrected chi connectivity index (χ3v) is 4.80. The molecule has 1 heterocycles. The van der Waals surface area contributed by atoms with E-state index in [1.54, 1.807) is 17.8 Å². The van der Waals surface area contributed by atoms with E-state index in [0.29, 0.717) is 16.7 Å². The first-order valence-corrected chi connectivity index (χ1v) is 8.68. The van der Waals surface area contributed by atoms with E-state index in [9.17, 15) is 0 Å². The van der Waals surface area contributed by atoms with Crippen LogP contribution in [0.2, 0.25) is 10.0 Å². The summed E-state index contributed by atoms with van der Waals surface area (Å²) in [6, 6.07) is 12.1. The number of ether oxygens (including phenoxy) is 1. The highest BCUT2D eigenvalue weighted by Crippen LogP contribution is 2.42. The van der Waals surface area contributed by atoms with Gasteiger partial charge in [-0.15, -0.1) is 11.8 Å². The minimum absolute atomic E-state index is 0.151. The fraction of sp³-hybridized carbons (Fsp3) is 0.250. The Labute approximate surface area is 138 Å². The first-order chi connectivity index (χ1) is 10.2. The van der Waals surface area contributed by atoms with Gasteiger partial charge in [-0.3, -0.25) is 0 Å². The maximum absolute atomic E-state index is 6.23. The number of hydrogen-bond acceptors (Lipinski definition) is 3. The van der Waals surface area contributed by atoms with Crippen molar-refractivity contribution in [1.82, 2.24) is 0 Å². The zero-order valence-electron chi connectivity index (χ0n) is 11.5. The zero-order valence-corrected chi connectivity index (χ0v) is 13.9. The molecule has 0 radical (unpaired) electrons. The first kappa shape index (κ1) is 14.9. The topological polar surface area (TPSA) is 21.3 Å². The Morgan fingerprint density at radius 2 is 2.05 bits per heavy atom. The molecule has 21 heavy (non-hydrogen) atoms. The van der Waals surface area contributed by atoms with Gasteiger partial charge >= 0.3 is 0 Å². The number of anilines is 1. The second-order valence-electron chi connectivity index (χ2n) is 4.84. The van der Waals surface area contributed by atoms with Crippen molar-refractivity contribution in [2.45, 2.75) is 17.4 Å². The first-order valence-electron chi connectivity index (χ1n) is 6.70. The van der Waals surface area contributed by atoms with Gasteiger partial charge in [-0.25, -0.2) is 0 Å². The van der Waals surface area contributed by atoms with E-state index in [0.717, 1.165) is 23.4 Å². The van der Waals surface area contributed by atoms with E-state index in [-0.39, 0.29) is 6.04 Å². The Bertz CT molecular complexity index is 663. The van der Waals surface area contributed by atoms with Gasteiger partial charge in [0, 0.05) is 27.6 Å². The molecule has 1 atom stereocenters. The molecule has 1 aliphatic rings. The number of fused-ring (bicyclic) bond motifs is 1. The van der Waals surface area contributed by atoms with Crippen molar-refractivity contribution in [3.63, 3.8) is 0 Å². The summed E-state index contributed by atoms with van der Waals surface area (Å²) in [7, 11) is 0. The molecule has 0 saturated carbocycles. The van der Waals surface area contributed by atoms with E-state index in [1.165, 1.54) is 4.90 Å². The summed E-state index contributed by atoms with van der Waals surface area (Å²) in [4.78, 5) is 1.22. The largest absolute Gasteiger partial charge is 0.492 e. The Hall–Kier alpha value is -1.03. The van der Waals surface area contributed by atoms with Crippen LogP contribution in [0.25, 0.3) is 0 Å². The molecule has 0 aliphatic carbocycles. The highest BCUT2D eigenvalue weighted by molar-refractivity contribution is 7.98. The minimum atomic E-state index is 0.151. The molecule has 0 spiro atoms. The number of para-hydroxylation sites is 1. The second-order valence-corrected chi connectivity index (χ2v) is 6.53. The van der Waals surface area contributed by atoms with Crippen molar-refractivity contribution in [1.29, 1.82) is 0 Å². The molecule has 0 aromatic heterocycles. The Kier molecular flexibility index (Phi) is 4.53. The number of thioether (sulfide) groups is 1. The lowest BCUT2D eigenvalue weighted by atomic mass is 10.00. The standard InChI is InChI=1S/C16H15Cl2NOS/c1-21-15-5-3-2-4-14(15)19-13-6-7-20-16-11(13)8-10(17)9-12(16)18/h2-5,8-9,13,19H,6-7H2,1H3. The molecule has 110 valence electrons. The van der Waals surface area contributed by atoms with Gasteiger partial charge in [-0.05, 0) is 30.5 Å². The number of nitrogens with one attached hydrogen (secondary N) is 1. The van der Waals surface area contributed by atoms with Crippen LogP contribution >= 0.6 is 35.0 Å². The average Bonchev–Trinajstić information content (AvgIpc) is 2.48. The normalized spacial score (nSPS) is 17.0. The van der Waals surface area contributed by atoms with Crippen LogP contribution < -0.4 is 10.1 Å². The summed E-state index contributed by atoms with van der Waals surface area (Å²) >= 11 is 14.1. The zero-order chi connectivity index (χ0) is 14.8. The van der Waals surface area contributed by atoms with Crippen molar-refractivity contribution < 1.29 is 4.74 Å². The third-order valence-electron chi connectivity index (χ3n) is 3.50. The number of rotatable bonds is 3. The van der Waals surface area contributed by atoms with Gasteiger partial charge in [0.05, 0.1) is 17.7 Å². The predicted molar refractivity (Wildman–Crippen MR) is 91.2 cm³/mol. The molecule has 1 aliphatic heterocycles. The summed E-state index contributed by atoms with van der Waals surface area (Å²) in [5.41, 5.74) is 2.15. The average molecular weight is 340 g/mol. The Morgan fingerprint density at radius 3 is 2.86 bits per heavy atom. The maximum Gasteiger partial charge on any atom is 0.143 e. The second kappa shape index (κ2) is 6.39. The van der Waals surface area contributed by atoms with E-state index >= 15 is 0 Å². The summed E-state index contributed by atoms with van der Waals surface area (Å²) in [6.45, 7) is 0.646. The van der Waals surface area contributed by atoms with Gasteiger partial charge in [-0.1, -0.05) is 35.3 Å². The third kappa shape index (κ3) is 3.10. The van der Waals surface area contributed by atoms with Crippen molar-refractivity contribution >= 4 is 40.7 Å². The SMILES string of the molecule is CSc1ccccc1NC1CCOc2c(Cl)cc(Cl)cc21. The van der Waals surface area contributed by atoms with Gasteiger partial charge in [0.2, 0.25) is 0 Å². The lowest BCUT2D eigenvalue weighted by Crippen LogP contribution is -2.21. The van der Waals surface area contributed by atoms with Gasteiger partial charge in [-0.2, -0.15) is 0 Å². The lowest BCUT2D eigenvalue weighted by molar-refractivity contribution is 0.274. The lowest BCUT2D eigenvalue weighted by Gasteiger charge is -2.29. The van der Waals surface area contributed by atoms with Crippen molar-refractivity contribution in [3.8, 4) is 5.75 Å². The van der Waals surface area contributed by atoms with Gasteiger partial charge in [0.15, 0.2) is 0 Å². The van der Waals surface area contributed by atoms with Crippen molar-refractivity contribution in [3.05, 3.63) is 52.0 Å². The molecule has 0 saturated heterocycles. The summed E-state index contributed by atoms with van der Waals surface area (Å²) in [6.07, 6.45) is 2.96. The van der Waals surface area contributed by atoms with Crippen LogP contribution in [-0.4, -0.2) is 12.9 Å². The van der Waals surface area contributed by atoms with Crippen LogP contribution in [0.4, 0.5) is 5.69 Å². The molecule has 2 aromatic rings. The molecular weight excluding hydrogens is 325 g/mol. The molecule has 0 amide bonds. The summed E-state index contributed by atoms with van der Waals surface area (Å²) < 4.78 is 5.70. The number of hydrogen-bond donors (Lipinski definition) is 1. The maximum atomic E-state index is 6.23. The molecule has 2 nitrogen and oxygen atoms in total. The Morgan fingerprint density at radius 1 is 1.24 bits per heavy atom. The van der Waals surface area contributed by atoms with E-state index in [1.807, 2.05) is 18.2 Å². The fourth-order valence-corrected chi connectivity index (χ4v) is 3.65. The molecule has 2 aromatic carbocycles. The van der Waals surface area contributed by atoms with Crippen LogP contribution in [0, 0.1) is 0 Å².